The molecule has 0 spiro atoms. The molecule has 5 heteroatoms. The van der Waals surface area contributed by atoms with Gasteiger partial charge in [0.25, 0.3) is 0 Å². The van der Waals surface area contributed by atoms with Crippen LogP contribution >= 0.6 is 8.69 Å². The van der Waals surface area contributed by atoms with Crippen molar-refractivity contribution in [2.45, 2.75) is 26.3 Å². The molecule has 1 atom stereocenters. The Labute approximate surface area is 74.0 Å². The highest BCUT2D eigenvalue weighted by molar-refractivity contribution is 7.16. The van der Waals surface area contributed by atoms with Crippen LogP contribution in [0, 0.1) is 0 Å². The first-order valence-electron chi connectivity index (χ1n) is 3.39. The molecule has 72 valence electrons. The zero-order valence-electron chi connectivity index (χ0n) is 7.63. The molecular weight excluding hydrogens is 177 g/mol. The molecule has 0 saturated heterocycles. The summed E-state index contributed by atoms with van der Waals surface area (Å²) in [6.45, 7) is 9.11. The summed E-state index contributed by atoms with van der Waals surface area (Å²) < 4.78 is 8.57. The third-order valence-electron chi connectivity index (χ3n) is 0.684. The van der Waals surface area contributed by atoms with E-state index in [1.165, 1.54) is 6.08 Å². The molecule has 0 aromatic rings. The smallest absolute Gasteiger partial charge is 0.243 e. The lowest BCUT2D eigenvalue weighted by atomic mass is 10.1. The Bertz CT molecular complexity index is 163. The summed E-state index contributed by atoms with van der Waals surface area (Å²) in [4.78, 5) is 17.7. The van der Waals surface area contributed by atoms with Crippen LogP contribution < -0.4 is 5.32 Å². The van der Waals surface area contributed by atoms with E-state index in [1.54, 1.807) is 0 Å². The molecule has 1 unspecified atom stereocenters. The van der Waals surface area contributed by atoms with Gasteiger partial charge in [-0.05, 0) is 26.8 Å². The van der Waals surface area contributed by atoms with E-state index in [9.17, 15) is 4.79 Å². The van der Waals surface area contributed by atoms with Crippen molar-refractivity contribution in [3.63, 3.8) is 0 Å². The highest BCUT2D eigenvalue weighted by atomic mass is 31.1. The SMILES string of the molecule is C=CC(=O)NC(C)(C)C.O=[PH2]O. The molecule has 4 nitrogen and oxygen atoms in total. The number of hydrogen-bond acceptors (Lipinski definition) is 2. The number of carbonyl (C=O) groups excluding carboxylic acids is 1. The molecule has 0 aromatic heterocycles. The standard InChI is InChI=1S/C7H13NO.H3O2P/c1-5-6(9)8-7(2,3)4;1-3-2/h5H,1H2,2-4H3,(H,8,9);3H2,(H,1,2). The second kappa shape index (κ2) is 7.07. The van der Waals surface area contributed by atoms with Gasteiger partial charge in [-0.15, -0.1) is 0 Å². The van der Waals surface area contributed by atoms with Gasteiger partial charge in [0, 0.05) is 5.54 Å². The van der Waals surface area contributed by atoms with Crippen LogP contribution in [0.25, 0.3) is 0 Å². The summed E-state index contributed by atoms with van der Waals surface area (Å²) in [7, 11) is -1.50. The molecule has 0 radical (unpaired) electrons. The summed E-state index contributed by atoms with van der Waals surface area (Å²) in [6.07, 6.45) is 1.27. The van der Waals surface area contributed by atoms with Crippen LogP contribution in [-0.2, 0) is 9.36 Å². The lowest BCUT2D eigenvalue weighted by Crippen LogP contribution is -2.39. The third-order valence-corrected chi connectivity index (χ3v) is 0.684. The monoisotopic (exact) mass is 193 g/mol. The Kier molecular flexibility index (Phi) is 8.22. The van der Waals surface area contributed by atoms with Gasteiger partial charge in [-0.2, -0.15) is 0 Å². The maximum atomic E-state index is 10.6. The fraction of sp³-hybridized carbons (Fsp3) is 0.571. The topological polar surface area (TPSA) is 66.4 Å². The number of carbonyl (C=O) groups is 1. The molecule has 0 bridgehead atoms. The van der Waals surface area contributed by atoms with E-state index >= 15 is 0 Å². The lowest BCUT2D eigenvalue weighted by molar-refractivity contribution is -0.117. The van der Waals surface area contributed by atoms with Crippen molar-refractivity contribution in [1.29, 1.82) is 0 Å². The van der Waals surface area contributed by atoms with Gasteiger partial charge in [-0.25, -0.2) is 0 Å². The number of hydrogen-bond donors (Lipinski definition) is 2. The lowest BCUT2D eigenvalue weighted by Gasteiger charge is -2.18. The fourth-order valence-electron chi connectivity index (χ4n) is 0.421. The summed E-state index contributed by atoms with van der Waals surface area (Å²) in [5.74, 6) is -0.123. The molecule has 0 fully saturated rings. The minimum Gasteiger partial charge on any atom is -0.348 e. The normalized spacial score (nSPS) is 10.3. The van der Waals surface area contributed by atoms with E-state index in [0.29, 0.717) is 0 Å². The molecule has 0 saturated carbocycles. The Balaban J connectivity index is 0. The van der Waals surface area contributed by atoms with Crippen molar-refractivity contribution < 1.29 is 14.3 Å². The summed E-state index contributed by atoms with van der Waals surface area (Å²) in [5, 5.41) is 2.71. The Hall–Kier alpha value is -0.600. The summed E-state index contributed by atoms with van der Waals surface area (Å²) in [6, 6.07) is 0. The largest absolute Gasteiger partial charge is 0.348 e. The van der Waals surface area contributed by atoms with Gasteiger partial charge in [0.05, 0.1) is 0 Å². The first kappa shape index (κ1) is 14.0. The number of rotatable bonds is 1. The van der Waals surface area contributed by atoms with E-state index in [0.717, 1.165) is 0 Å². The average Bonchev–Trinajstić information content (AvgIpc) is 1.86. The fourth-order valence-corrected chi connectivity index (χ4v) is 0.421. The zero-order chi connectivity index (χ0) is 10.2. The summed E-state index contributed by atoms with van der Waals surface area (Å²) in [5.41, 5.74) is -0.148. The van der Waals surface area contributed by atoms with E-state index in [2.05, 4.69) is 11.9 Å². The first-order chi connectivity index (χ1) is 5.37. The second-order valence-corrected chi connectivity index (χ2v) is 3.26. The number of amides is 1. The average molecular weight is 193 g/mol. The molecule has 12 heavy (non-hydrogen) atoms. The second-order valence-electron chi connectivity index (χ2n) is 3.05. The van der Waals surface area contributed by atoms with Gasteiger partial charge >= 0.3 is 0 Å². The Morgan fingerprint density at radius 3 is 2.00 bits per heavy atom. The maximum Gasteiger partial charge on any atom is 0.243 e. The highest BCUT2D eigenvalue weighted by Crippen LogP contribution is 1.97. The van der Waals surface area contributed by atoms with E-state index in [-0.39, 0.29) is 11.4 Å². The van der Waals surface area contributed by atoms with Crippen molar-refractivity contribution in [1.82, 2.24) is 5.32 Å². The van der Waals surface area contributed by atoms with Crippen LogP contribution in [-0.4, -0.2) is 16.3 Å². The van der Waals surface area contributed by atoms with Gasteiger partial charge in [-0.3, -0.25) is 9.36 Å². The highest BCUT2D eigenvalue weighted by Gasteiger charge is 2.10. The van der Waals surface area contributed by atoms with Crippen LogP contribution in [0.2, 0.25) is 0 Å². The zero-order valence-corrected chi connectivity index (χ0v) is 8.78. The molecule has 0 aliphatic rings. The molecule has 1 amide bonds. The van der Waals surface area contributed by atoms with Gasteiger partial charge in [0.2, 0.25) is 5.91 Å². The Morgan fingerprint density at radius 2 is 1.92 bits per heavy atom. The van der Waals surface area contributed by atoms with Crippen LogP contribution in [0.3, 0.4) is 0 Å². The van der Waals surface area contributed by atoms with Crippen molar-refractivity contribution >= 4 is 14.6 Å². The number of nitrogens with one attached hydrogen (secondary N) is 1. The molecule has 0 aromatic carbocycles. The first-order valence-corrected chi connectivity index (χ1v) is 4.38. The third kappa shape index (κ3) is 16.2. The predicted molar refractivity (Wildman–Crippen MR) is 50.7 cm³/mol. The minimum atomic E-state index is -1.50. The van der Waals surface area contributed by atoms with Gasteiger partial charge < -0.3 is 10.2 Å². The van der Waals surface area contributed by atoms with E-state index < -0.39 is 8.69 Å². The van der Waals surface area contributed by atoms with Gasteiger partial charge in [-0.1, -0.05) is 6.58 Å². The molecule has 0 heterocycles. The molecule has 0 rings (SSSR count). The predicted octanol–water partition coefficient (Wildman–Crippen LogP) is 0.737. The summed E-state index contributed by atoms with van der Waals surface area (Å²) >= 11 is 0. The minimum absolute atomic E-state index is 0.123. The quantitative estimate of drug-likeness (QED) is 0.476. The van der Waals surface area contributed by atoms with Crippen molar-refractivity contribution in [3.8, 4) is 0 Å². The van der Waals surface area contributed by atoms with Crippen LogP contribution in [0.5, 0.6) is 0 Å². The van der Waals surface area contributed by atoms with Crippen molar-refractivity contribution in [2.24, 2.45) is 0 Å². The maximum absolute atomic E-state index is 10.6. The molecule has 2 N–H and O–H groups in total. The van der Waals surface area contributed by atoms with Gasteiger partial charge in [0.1, 0.15) is 0 Å². The van der Waals surface area contributed by atoms with Crippen molar-refractivity contribution in [2.75, 3.05) is 0 Å². The van der Waals surface area contributed by atoms with Crippen LogP contribution in [0.4, 0.5) is 0 Å². The molecule has 0 aliphatic carbocycles. The van der Waals surface area contributed by atoms with Gasteiger partial charge in [0.15, 0.2) is 8.69 Å². The van der Waals surface area contributed by atoms with Crippen LogP contribution in [0.1, 0.15) is 20.8 Å². The van der Waals surface area contributed by atoms with Crippen molar-refractivity contribution in [3.05, 3.63) is 12.7 Å². The Morgan fingerprint density at radius 1 is 1.58 bits per heavy atom. The van der Waals surface area contributed by atoms with E-state index in [1.807, 2.05) is 20.8 Å². The molecule has 0 aliphatic heterocycles. The van der Waals surface area contributed by atoms with E-state index in [4.69, 9.17) is 9.46 Å². The van der Waals surface area contributed by atoms with Crippen LogP contribution in [0.15, 0.2) is 12.7 Å². The molecular formula is C7H16NO3P.